The second-order valence-corrected chi connectivity index (χ2v) is 4.61. The third-order valence-corrected chi connectivity index (χ3v) is 3.08. The molecular weight excluding hydrogens is 198 g/mol. The molecule has 3 heteroatoms. The fourth-order valence-corrected chi connectivity index (χ4v) is 2.20. The number of nitrogens with zero attached hydrogens (tertiary/aromatic N) is 1. The molecule has 1 saturated heterocycles. The molecule has 1 atom stereocenters. The van der Waals surface area contributed by atoms with E-state index in [9.17, 15) is 0 Å². The molecule has 2 heterocycles. The smallest absolute Gasteiger partial charge is 0.0544 e. The zero-order valence-corrected chi connectivity index (χ0v) is 10.00. The molecule has 1 aliphatic rings. The molecule has 1 aliphatic heterocycles. The summed E-state index contributed by atoms with van der Waals surface area (Å²) in [5.41, 5.74) is 2.24. The zero-order valence-electron chi connectivity index (χ0n) is 10.00. The number of aryl methyl sites for hydroxylation is 1. The molecule has 0 spiro atoms. The minimum Gasteiger partial charge on any atom is -0.316 e. The van der Waals surface area contributed by atoms with Crippen molar-refractivity contribution in [3.8, 4) is 0 Å². The number of aromatic nitrogens is 1. The second-order valence-electron chi connectivity index (χ2n) is 4.61. The summed E-state index contributed by atoms with van der Waals surface area (Å²) in [6.45, 7) is 6.37. The van der Waals surface area contributed by atoms with Gasteiger partial charge >= 0.3 is 0 Å². The van der Waals surface area contributed by atoms with E-state index in [4.69, 9.17) is 0 Å². The van der Waals surface area contributed by atoms with Crippen LogP contribution in [0.3, 0.4) is 0 Å². The summed E-state index contributed by atoms with van der Waals surface area (Å²) in [6, 6.07) is 6.19. The maximum atomic E-state index is 4.48. The van der Waals surface area contributed by atoms with Gasteiger partial charge in [-0.25, -0.2) is 0 Å². The quantitative estimate of drug-likeness (QED) is 0.805. The summed E-state index contributed by atoms with van der Waals surface area (Å²) in [6.07, 6.45) is 2.66. The predicted octanol–water partition coefficient (Wildman–Crippen LogP) is 1.48. The Hall–Kier alpha value is -0.930. The molecule has 1 fully saturated rings. The van der Waals surface area contributed by atoms with Crippen molar-refractivity contribution in [2.45, 2.75) is 26.3 Å². The number of rotatable bonds is 4. The summed E-state index contributed by atoms with van der Waals surface area (Å²) in [5.74, 6) is 0.790. The van der Waals surface area contributed by atoms with Gasteiger partial charge in [-0.1, -0.05) is 6.07 Å². The number of nitrogens with one attached hydrogen (secondary N) is 2. The molecule has 16 heavy (non-hydrogen) atoms. The summed E-state index contributed by atoms with van der Waals surface area (Å²) in [7, 11) is 0. The third-order valence-electron chi connectivity index (χ3n) is 3.08. The number of hydrogen-bond acceptors (Lipinski definition) is 3. The van der Waals surface area contributed by atoms with Crippen LogP contribution in [0.25, 0.3) is 0 Å². The van der Waals surface area contributed by atoms with E-state index in [0.717, 1.165) is 36.9 Å². The molecule has 0 aromatic carbocycles. The van der Waals surface area contributed by atoms with E-state index in [2.05, 4.69) is 27.8 Å². The number of pyridine rings is 1. The lowest BCUT2D eigenvalue weighted by Gasteiger charge is -2.22. The van der Waals surface area contributed by atoms with Crippen molar-refractivity contribution in [1.29, 1.82) is 0 Å². The van der Waals surface area contributed by atoms with Crippen LogP contribution >= 0.6 is 0 Å². The van der Waals surface area contributed by atoms with Crippen LogP contribution in [0.5, 0.6) is 0 Å². The van der Waals surface area contributed by atoms with Crippen LogP contribution in [0.2, 0.25) is 0 Å². The average Bonchev–Trinajstić information content (AvgIpc) is 2.30. The molecule has 88 valence electrons. The monoisotopic (exact) mass is 219 g/mol. The maximum absolute atomic E-state index is 4.48. The highest BCUT2D eigenvalue weighted by atomic mass is 14.9. The van der Waals surface area contributed by atoms with E-state index in [1.807, 2.05) is 13.0 Å². The zero-order chi connectivity index (χ0) is 11.2. The summed E-state index contributed by atoms with van der Waals surface area (Å²) in [4.78, 5) is 4.48. The molecule has 1 unspecified atom stereocenters. The van der Waals surface area contributed by atoms with Gasteiger partial charge in [-0.15, -0.1) is 0 Å². The van der Waals surface area contributed by atoms with Crippen molar-refractivity contribution in [1.82, 2.24) is 15.6 Å². The Morgan fingerprint density at radius 1 is 1.50 bits per heavy atom. The Labute approximate surface area is 97.7 Å². The SMILES string of the molecule is Cc1cccc(CNCC2CCCNC2)n1. The lowest BCUT2D eigenvalue weighted by molar-refractivity contribution is 0.359. The van der Waals surface area contributed by atoms with Crippen molar-refractivity contribution in [3.63, 3.8) is 0 Å². The molecule has 0 saturated carbocycles. The van der Waals surface area contributed by atoms with Gasteiger partial charge in [0.2, 0.25) is 0 Å². The molecule has 0 radical (unpaired) electrons. The van der Waals surface area contributed by atoms with Crippen LogP contribution in [-0.2, 0) is 6.54 Å². The molecule has 2 rings (SSSR count). The lowest BCUT2D eigenvalue weighted by atomic mass is 10.00. The maximum Gasteiger partial charge on any atom is 0.0544 e. The molecule has 2 N–H and O–H groups in total. The van der Waals surface area contributed by atoms with Crippen LogP contribution in [0.4, 0.5) is 0 Å². The van der Waals surface area contributed by atoms with Crippen LogP contribution in [0.1, 0.15) is 24.2 Å². The Bertz CT molecular complexity index is 319. The highest BCUT2D eigenvalue weighted by molar-refractivity contribution is 5.09. The highest BCUT2D eigenvalue weighted by Gasteiger charge is 2.11. The van der Waals surface area contributed by atoms with Crippen LogP contribution in [0.15, 0.2) is 18.2 Å². The average molecular weight is 219 g/mol. The van der Waals surface area contributed by atoms with E-state index >= 15 is 0 Å². The van der Waals surface area contributed by atoms with Gasteiger partial charge in [0.1, 0.15) is 0 Å². The number of hydrogen-bond donors (Lipinski definition) is 2. The van der Waals surface area contributed by atoms with Crippen LogP contribution in [0, 0.1) is 12.8 Å². The first-order valence-electron chi connectivity index (χ1n) is 6.18. The van der Waals surface area contributed by atoms with Crippen LogP contribution < -0.4 is 10.6 Å². The van der Waals surface area contributed by atoms with Gasteiger partial charge in [0.15, 0.2) is 0 Å². The first kappa shape index (κ1) is 11.6. The second kappa shape index (κ2) is 5.97. The Balaban J connectivity index is 1.71. The summed E-state index contributed by atoms with van der Waals surface area (Å²) in [5, 5.41) is 6.93. The van der Waals surface area contributed by atoms with E-state index in [-0.39, 0.29) is 0 Å². The first-order valence-corrected chi connectivity index (χ1v) is 6.18. The fraction of sp³-hybridized carbons (Fsp3) is 0.615. The minimum atomic E-state index is 0.790. The predicted molar refractivity (Wildman–Crippen MR) is 66.3 cm³/mol. The van der Waals surface area contributed by atoms with Crippen molar-refractivity contribution in [2.75, 3.05) is 19.6 Å². The Morgan fingerprint density at radius 2 is 2.44 bits per heavy atom. The van der Waals surface area contributed by atoms with Gasteiger partial charge in [-0.05, 0) is 57.5 Å². The van der Waals surface area contributed by atoms with Crippen molar-refractivity contribution < 1.29 is 0 Å². The topological polar surface area (TPSA) is 37.0 Å². The molecule has 0 aliphatic carbocycles. The van der Waals surface area contributed by atoms with Gasteiger partial charge in [0.05, 0.1) is 5.69 Å². The third kappa shape index (κ3) is 3.58. The van der Waals surface area contributed by atoms with E-state index in [1.165, 1.54) is 19.4 Å². The molecule has 0 amide bonds. The summed E-state index contributed by atoms with van der Waals surface area (Å²) >= 11 is 0. The molecule has 1 aromatic heterocycles. The van der Waals surface area contributed by atoms with E-state index in [0.29, 0.717) is 0 Å². The lowest BCUT2D eigenvalue weighted by Crippen LogP contribution is -2.35. The van der Waals surface area contributed by atoms with Gasteiger partial charge in [-0.2, -0.15) is 0 Å². The first-order chi connectivity index (χ1) is 7.84. The molecule has 3 nitrogen and oxygen atoms in total. The highest BCUT2D eigenvalue weighted by Crippen LogP contribution is 2.08. The largest absolute Gasteiger partial charge is 0.316 e. The van der Waals surface area contributed by atoms with Gasteiger partial charge < -0.3 is 10.6 Å². The number of piperidine rings is 1. The van der Waals surface area contributed by atoms with Crippen molar-refractivity contribution >= 4 is 0 Å². The Kier molecular flexibility index (Phi) is 4.31. The minimum absolute atomic E-state index is 0.790. The van der Waals surface area contributed by atoms with E-state index in [1.54, 1.807) is 0 Å². The van der Waals surface area contributed by atoms with Gasteiger partial charge in [0, 0.05) is 12.2 Å². The molecule has 0 bridgehead atoms. The van der Waals surface area contributed by atoms with Gasteiger partial charge in [0.25, 0.3) is 0 Å². The van der Waals surface area contributed by atoms with Crippen molar-refractivity contribution in [3.05, 3.63) is 29.6 Å². The molecule has 1 aromatic rings. The fourth-order valence-electron chi connectivity index (χ4n) is 2.20. The summed E-state index contributed by atoms with van der Waals surface area (Å²) < 4.78 is 0. The van der Waals surface area contributed by atoms with Crippen LogP contribution in [-0.4, -0.2) is 24.6 Å². The van der Waals surface area contributed by atoms with Crippen molar-refractivity contribution in [2.24, 2.45) is 5.92 Å². The van der Waals surface area contributed by atoms with E-state index < -0.39 is 0 Å². The Morgan fingerprint density at radius 3 is 3.19 bits per heavy atom. The standard InChI is InChI=1S/C13H21N3/c1-11-4-2-6-13(16-11)10-15-9-12-5-3-7-14-8-12/h2,4,6,12,14-15H,3,5,7-10H2,1H3. The normalized spacial score (nSPS) is 20.9. The van der Waals surface area contributed by atoms with Gasteiger partial charge in [-0.3, -0.25) is 4.98 Å². The molecular formula is C13H21N3.